The molecule has 1 aromatic carbocycles. The molecule has 0 aliphatic heterocycles. The Morgan fingerprint density at radius 2 is 2.18 bits per heavy atom. The maximum atomic E-state index is 13.1. The Morgan fingerprint density at radius 3 is 2.88 bits per heavy atom. The number of nitrogens with one attached hydrogen (secondary N) is 1. The average Bonchev–Trinajstić information content (AvgIpc) is 2.59. The van der Waals surface area contributed by atoms with Gasteiger partial charge in [0.2, 0.25) is 0 Å². The molecule has 1 aromatic heterocycles. The zero-order chi connectivity index (χ0) is 12.5. The molecule has 4 nitrogen and oxygen atoms in total. The first-order chi connectivity index (χ1) is 7.96. The van der Waals surface area contributed by atoms with Crippen LogP contribution < -0.4 is 0 Å². The Kier molecular flexibility index (Phi) is 3.17. The second-order valence-electron chi connectivity index (χ2n) is 3.78. The molecular weight excluding hydrogens is 245 g/mol. The Hall–Kier alpha value is -1.40. The fourth-order valence-electron chi connectivity index (χ4n) is 1.66. The molecule has 6 heteroatoms. The average molecular weight is 257 g/mol. The lowest BCUT2D eigenvalue weighted by Crippen LogP contribution is -2.05. The van der Waals surface area contributed by atoms with Gasteiger partial charge in [0.1, 0.15) is 5.82 Å². The molecule has 0 saturated heterocycles. The van der Waals surface area contributed by atoms with E-state index < -0.39 is 10.1 Å². The van der Waals surface area contributed by atoms with Gasteiger partial charge in [-0.05, 0) is 30.2 Å². The van der Waals surface area contributed by atoms with Crippen molar-refractivity contribution in [2.24, 2.45) is 0 Å². The number of hydrogen-bond donors (Lipinski definition) is 1. The summed E-state index contributed by atoms with van der Waals surface area (Å²) in [5.74, 6) is -0.317. The summed E-state index contributed by atoms with van der Waals surface area (Å²) in [6, 6.07) is 4.43. The monoisotopic (exact) mass is 257 g/mol. The molecule has 0 atom stereocenters. The van der Waals surface area contributed by atoms with Crippen LogP contribution in [-0.2, 0) is 20.7 Å². The highest BCUT2D eigenvalue weighted by Crippen LogP contribution is 2.19. The second-order valence-corrected chi connectivity index (χ2v) is 5.42. The smallest absolute Gasteiger partial charge is 0.264 e. The molecule has 1 heterocycles. The van der Waals surface area contributed by atoms with Crippen molar-refractivity contribution in [3.05, 3.63) is 35.8 Å². The van der Waals surface area contributed by atoms with Gasteiger partial charge in [0, 0.05) is 17.1 Å². The van der Waals surface area contributed by atoms with Crippen LogP contribution in [0.4, 0.5) is 4.39 Å². The van der Waals surface area contributed by atoms with Crippen molar-refractivity contribution in [3.63, 3.8) is 0 Å². The van der Waals surface area contributed by atoms with E-state index in [2.05, 4.69) is 9.17 Å². The number of rotatable bonds is 4. The minimum atomic E-state index is -3.42. The Bertz CT molecular complexity index is 633. The fourth-order valence-corrected chi connectivity index (χ4v) is 2.05. The van der Waals surface area contributed by atoms with Crippen LogP contribution in [0.5, 0.6) is 0 Å². The molecule has 0 amide bonds. The van der Waals surface area contributed by atoms with Crippen molar-refractivity contribution in [2.75, 3.05) is 12.9 Å². The van der Waals surface area contributed by atoms with Crippen LogP contribution in [0.15, 0.2) is 24.4 Å². The van der Waals surface area contributed by atoms with Crippen molar-refractivity contribution in [2.45, 2.75) is 6.42 Å². The molecule has 17 heavy (non-hydrogen) atoms. The lowest BCUT2D eigenvalue weighted by Gasteiger charge is -2.00. The summed E-state index contributed by atoms with van der Waals surface area (Å²) in [4.78, 5) is 2.99. The summed E-state index contributed by atoms with van der Waals surface area (Å²) >= 11 is 0. The molecule has 2 rings (SSSR count). The highest BCUT2D eigenvalue weighted by Gasteiger charge is 2.07. The van der Waals surface area contributed by atoms with Crippen LogP contribution in [-0.4, -0.2) is 26.3 Å². The molecule has 0 unspecified atom stereocenters. The number of aromatic amines is 1. The minimum absolute atomic E-state index is 0.0578. The summed E-state index contributed by atoms with van der Waals surface area (Å²) in [6.07, 6.45) is 3.15. The highest BCUT2D eigenvalue weighted by atomic mass is 32.2. The summed E-state index contributed by atoms with van der Waals surface area (Å²) in [5.41, 5.74) is 1.66. The van der Waals surface area contributed by atoms with E-state index >= 15 is 0 Å². The third-order valence-corrected chi connectivity index (χ3v) is 2.99. The normalized spacial score (nSPS) is 12.1. The van der Waals surface area contributed by atoms with Crippen LogP contribution in [0.3, 0.4) is 0 Å². The van der Waals surface area contributed by atoms with E-state index in [1.54, 1.807) is 12.3 Å². The summed E-state index contributed by atoms with van der Waals surface area (Å²) in [6.45, 7) is 0.0578. The molecule has 0 fully saturated rings. The minimum Gasteiger partial charge on any atom is -0.361 e. The van der Waals surface area contributed by atoms with Crippen molar-refractivity contribution < 1.29 is 17.0 Å². The van der Waals surface area contributed by atoms with E-state index in [-0.39, 0.29) is 12.4 Å². The van der Waals surface area contributed by atoms with E-state index in [1.807, 2.05) is 0 Å². The molecule has 92 valence electrons. The van der Waals surface area contributed by atoms with Gasteiger partial charge in [-0.2, -0.15) is 8.42 Å². The zero-order valence-corrected chi connectivity index (χ0v) is 10.1. The molecule has 1 N–H and O–H groups in total. The first-order valence-corrected chi connectivity index (χ1v) is 6.87. The molecule has 2 aromatic rings. The number of halogens is 1. The first-order valence-electron chi connectivity index (χ1n) is 5.05. The Morgan fingerprint density at radius 1 is 1.41 bits per heavy atom. The van der Waals surface area contributed by atoms with Crippen LogP contribution >= 0.6 is 0 Å². The summed E-state index contributed by atoms with van der Waals surface area (Å²) < 4.78 is 39.3. The predicted octanol–water partition coefficient (Wildman–Crippen LogP) is 1.83. The molecule has 0 aliphatic rings. The van der Waals surface area contributed by atoms with E-state index in [1.165, 1.54) is 12.1 Å². The largest absolute Gasteiger partial charge is 0.361 e. The first kappa shape index (κ1) is 12.1. The molecular formula is C11H12FNO3S. The van der Waals surface area contributed by atoms with Gasteiger partial charge < -0.3 is 4.98 Å². The highest BCUT2D eigenvalue weighted by molar-refractivity contribution is 7.85. The molecule has 0 spiro atoms. The number of hydrogen-bond acceptors (Lipinski definition) is 3. The Labute approximate surface area is 98.5 Å². The second kappa shape index (κ2) is 4.46. The van der Waals surface area contributed by atoms with Crippen molar-refractivity contribution in [1.29, 1.82) is 0 Å². The summed E-state index contributed by atoms with van der Waals surface area (Å²) in [7, 11) is -3.42. The fraction of sp³-hybridized carbons (Fsp3) is 0.273. The van der Waals surface area contributed by atoms with Gasteiger partial charge in [-0.15, -0.1) is 0 Å². The van der Waals surface area contributed by atoms with E-state index in [9.17, 15) is 12.8 Å². The summed E-state index contributed by atoms with van der Waals surface area (Å²) in [5, 5.41) is 0.752. The van der Waals surface area contributed by atoms with Gasteiger partial charge >= 0.3 is 0 Å². The lowest BCUT2D eigenvalue weighted by molar-refractivity contribution is 0.326. The third-order valence-electron chi connectivity index (χ3n) is 2.40. The van der Waals surface area contributed by atoms with E-state index in [0.717, 1.165) is 22.7 Å². The maximum absolute atomic E-state index is 13.1. The number of H-pyrrole nitrogens is 1. The van der Waals surface area contributed by atoms with Crippen LogP contribution in [0.1, 0.15) is 5.56 Å². The lowest BCUT2D eigenvalue weighted by atomic mass is 10.1. The van der Waals surface area contributed by atoms with E-state index in [0.29, 0.717) is 6.42 Å². The number of benzene rings is 1. The standard InChI is InChI=1S/C11H12FNO3S/c1-17(14,15)16-5-4-8-7-13-11-3-2-9(12)6-10(8)11/h2-3,6-7,13H,4-5H2,1H3. The van der Waals surface area contributed by atoms with E-state index in [4.69, 9.17) is 0 Å². The predicted molar refractivity (Wildman–Crippen MR) is 62.8 cm³/mol. The zero-order valence-electron chi connectivity index (χ0n) is 9.23. The van der Waals surface area contributed by atoms with Crippen LogP contribution in [0.2, 0.25) is 0 Å². The van der Waals surface area contributed by atoms with Crippen LogP contribution in [0, 0.1) is 5.82 Å². The van der Waals surface area contributed by atoms with Gasteiger partial charge in [-0.3, -0.25) is 4.18 Å². The molecule has 0 saturated carbocycles. The maximum Gasteiger partial charge on any atom is 0.264 e. The number of aromatic nitrogens is 1. The third kappa shape index (κ3) is 3.04. The van der Waals surface area contributed by atoms with Gasteiger partial charge in [-0.1, -0.05) is 0 Å². The van der Waals surface area contributed by atoms with Gasteiger partial charge in [0.15, 0.2) is 0 Å². The Balaban J connectivity index is 2.16. The molecule has 0 aliphatic carbocycles. The number of fused-ring (bicyclic) bond motifs is 1. The van der Waals surface area contributed by atoms with Gasteiger partial charge in [0.05, 0.1) is 12.9 Å². The molecule has 0 bridgehead atoms. The van der Waals surface area contributed by atoms with Crippen molar-refractivity contribution >= 4 is 21.0 Å². The van der Waals surface area contributed by atoms with Gasteiger partial charge in [0.25, 0.3) is 10.1 Å². The van der Waals surface area contributed by atoms with Gasteiger partial charge in [-0.25, -0.2) is 4.39 Å². The quantitative estimate of drug-likeness (QED) is 0.850. The molecule has 0 radical (unpaired) electrons. The van der Waals surface area contributed by atoms with Crippen molar-refractivity contribution in [1.82, 2.24) is 4.98 Å². The topological polar surface area (TPSA) is 59.2 Å². The van der Waals surface area contributed by atoms with Crippen LogP contribution in [0.25, 0.3) is 10.9 Å². The SMILES string of the molecule is CS(=O)(=O)OCCc1c[nH]c2ccc(F)cc12. The van der Waals surface area contributed by atoms with Crippen molar-refractivity contribution in [3.8, 4) is 0 Å².